The highest BCUT2D eigenvalue weighted by Crippen LogP contribution is 2.32. The number of hydrogen-bond donors (Lipinski definition) is 1. The average Bonchev–Trinajstić information content (AvgIpc) is 2.27. The van der Waals surface area contributed by atoms with Crippen molar-refractivity contribution in [3.8, 4) is 5.75 Å². The third kappa shape index (κ3) is 4.48. The van der Waals surface area contributed by atoms with Gasteiger partial charge in [0.05, 0.1) is 23.7 Å². The third-order valence-electron chi connectivity index (χ3n) is 2.08. The quantitative estimate of drug-likeness (QED) is 0.668. The molecule has 0 atom stereocenters. The second kappa shape index (κ2) is 6.21. The number of carbonyl (C=O) groups is 1. The van der Waals surface area contributed by atoms with Crippen molar-refractivity contribution in [2.75, 3.05) is 0 Å². The van der Waals surface area contributed by atoms with Gasteiger partial charge in [-0.3, -0.25) is 9.78 Å². The molecule has 0 saturated carbocycles. The largest absolute Gasteiger partial charge is 0.573 e. The van der Waals surface area contributed by atoms with Crippen LogP contribution in [0, 0.1) is 0 Å². The zero-order valence-electron chi connectivity index (χ0n) is 9.55. The molecule has 0 aromatic carbocycles. The Morgan fingerprint density at radius 3 is 2.40 bits per heavy atom. The number of carboxylic acids is 1. The lowest BCUT2D eigenvalue weighted by molar-refractivity contribution is -0.275. The fraction of sp³-hybridized carbons (Fsp3) is 0.400. The summed E-state index contributed by atoms with van der Waals surface area (Å²) in [6.45, 7) is 0. The van der Waals surface area contributed by atoms with Crippen LogP contribution in [0.1, 0.15) is 23.4 Å². The van der Waals surface area contributed by atoms with Crippen LogP contribution in [0.3, 0.4) is 0 Å². The van der Waals surface area contributed by atoms with E-state index in [4.69, 9.17) is 16.7 Å². The third-order valence-corrected chi connectivity index (χ3v) is 2.33. The number of ether oxygens (including phenoxy) is 1. The maximum atomic E-state index is 12.7. The molecule has 1 N–H and O–H groups in total. The van der Waals surface area contributed by atoms with Crippen LogP contribution in [-0.4, -0.2) is 22.4 Å². The Morgan fingerprint density at radius 1 is 1.40 bits per heavy atom. The van der Waals surface area contributed by atoms with E-state index in [0.717, 1.165) is 0 Å². The number of hydrogen-bond acceptors (Lipinski definition) is 3. The maximum absolute atomic E-state index is 12.7. The van der Waals surface area contributed by atoms with E-state index >= 15 is 0 Å². The molecule has 1 heterocycles. The molecule has 0 unspecified atom stereocenters. The summed E-state index contributed by atoms with van der Waals surface area (Å²) in [6.07, 6.45) is -9.19. The molecule has 0 saturated heterocycles. The molecule has 20 heavy (non-hydrogen) atoms. The highest BCUT2D eigenvalue weighted by Gasteiger charge is 2.33. The van der Waals surface area contributed by atoms with E-state index in [1.807, 2.05) is 0 Å². The van der Waals surface area contributed by atoms with E-state index in [1.54, 1.807) is 0 Å². The van der Waals surface area contributed by atoms with E-state index in [1.165, 1.54) is 0 Å². The Kier molecular flexibility index (Phi) is 5.09. The first-order chi connectivity index (χ1) is 9.14. The van der Waals surface area contributed by atoms with Gasteiger partial charge in [0.25, 0.3) is 6.43 Å². The Labute approximate surface area is 114 Å². The molecular weight excluding hydrogens is 313 g/mol. The predicted molar refractivity (Wildman–Crippen MR) is 56.8 cm³/mol. The zero-order valence-corrected chi connectivity index (χ0v) is 10.3. The zero-order chi connectivity index (χ0) is 15.5. The van der Waals surface area contributed by atoms with Crippen molar-refractivity contribution >= 4 is 17.6 Å². The number of halogens is 6. The van der Waals surface area contributed by atoms with E-state index in [-0.39, 0.29) is 0 Å². The summed E-state index contributed by atoms with van der Waals surface area (Å²) in [4.78, 5) is 14.0. The summed E-state index contributed by atoms with van der Waals surface area (Å²) < 4.78 is 65.4. The van der Waals surface area contributed by atoms with Gasteiger partial charge in [0, 0.05) is 5.56 Å². The normalized spacial score (nSPS) is 11.8. The topological polar surface area (TPSA) is 59.4 Å². The number of pyridine rings is 1. The summed E-state index contributed by atoms with van der Waals surface area (Å²) in [7, 11) is 0. The molecule has 0 radical (unpaired) electrons. The summed E-state index contributed by atoms with van der Waals surface area (Å²) in [5.74, 6) is -3.07. The smallest absolute Gasteiger partial charge is 0.481 e. The van der Waals surface area contributed by atoms with Gasteiger partial charge in [0.2, 0.25) is 0 Å². The molecule has 1 rings (SSSR count). The highest BCUT2D eigenvalue weighted by atomic mass is 35.5. The minimum Gasteiger partial charge on any atom is -0.481 e. The van der Waals surface area contributed by atoms with E-state index in [9.17, 15) is 26.7 Å². The highest BCUT2D eigenvalue weighted by molar-refractivity contribution is 6.17. The lowest BCUT2D eigenvalue weighted by atomic mass is 10.1. The average molecular weight is 320 g/mol. The molecule has 0 amide bonds. The molecule has 1 aromatic rings. The molecule has 0 bridgehead atoms. The van der Waals surface area contributed by atoms with Crippen LogP contribution < -0.4 is 4.74 Å². The number of carboxylic acid groups (broad SMARTS) is 1. The van der Waals surface area contributed by atoms with Crippen molar-refractivity contribution < 1.29 is 36.6 Å². The van der Waals surface area contributed by atoms with Crippen LogP contribution >= 0.6 is 11.6 Å². The molecule has 0 aliphatic carbocycles. The molecule has 1 aromatic heterocycles. The number of nitrogens with zero attached hydrogens (tertiary/aromatic N) is 1. The first-order valence-electron chi connectivity index (χ1n) is 4.98. The van der Waals surface area contributed by atoms with Crippen LogP contribution in [-0.2, 0) is 17.1 Å². The van der Waals surface area contributed by atoms with Crippen molar-refractivity contribution in [2.24, 2.45) is 0 Å². The maximum Gasteiger partial charge on any atom is 0.573 e. The van der Waals surface area contributed by atoms with Crippen molar-refractivity contribution in [3.63, 3.8) is 0 Å². The van der Waals surface area contributed by atoms with E-state index < -0.39 is 53.8 Å². The van der Waals surface area contributed by atoms with Crippen LogP contribution in [0.5, 0.6) is 5.75 Å². The Bertz CT molecular complexity index is 506. The number of rotatable bonds is 5. The van der Waals surface area contributed by atoms with Crippen LogP contribution in [0.15, 0.2) is 6.07 Å². The predicted octanol–water partition coefficient (Wildman–Crippen LogP) is 3.28. The summed E-state index contributed by atoms with van der Waals surface area (Å²) in [6, 6.07) is 0.404. The Hall–Kier alpha value is -1.64. The molecule has 0 aliphatic rings. The van der Waals surface area contributed by atoms with Gasteiger partial charge in [0.1, 0.15) is 0 Å². The molecule has 112 valence electrons. The van der Waals surface area contributed by atoms with E-state index in [0.29, 0.717) is 6.07 Å². The van der Waals surface area contributed by atoms with Gasteiger partial charge >= 0.3 is 12.3 Å². The van der Waals surface area contributed by atoms with E-state index in [2.05, 4.69) is 9.72 Å². The molecular formula is C10H7ClF5NO3. The lowest BCUT2D eigenvalue weighted by Gasteiger charge is -2.15. The first kappa shape index (κ1) is 16.4. The van der Waals surface area contributed by atoms with Gasteiger partial charge in [-0.05, 0) is 6.07 Å². The number of aromatic nitrogens is 1. The first-order valence-corrected chi connectivity index (χ1v) is 5.52. The van der Waals surface area contributed by atoms with Crippen LogP contribution in [0.2, 0.25) is 0 Å². The summed E-state index contributed by atoms with van der Waals surface area (Å²) in [5, 5.41) is 8.57. The lowest BCUT2D eigenvalue weighted by Crippen LogP contribution is -2.20. The van der Waals surface area contributed by atoms with Gasteiger partial charge in [-0.15, -0.1) is 24.8 Å². The van der Waals surface area contributed by atoms with Crippen molar-refractivity contribution in [2.45, 2.75) is 25.1 Å². The summed E-state index contributed by atoms with van der Waals surface area (Å²) >= 11 is 5.36. The minimum atomic E-state index is -5.16. The van der Waals surface area contributed by atoms with Crippen molar-refractivity contribution in [1.29, 1.82) is 0 Å². The molecule has 10 heteroatoms. The summed E-state index contributed by atoms with van der Waals surface area (Å²) in [5.41, 5.74) is -1.87. The second-order valence-electron chi connectivity index (χ2n) is 3.52. The van der Waals surface area contributed by atoms with Gasteiger partial charge in [-0.25, -0.2) is 8.78 Å². The second-order valence-corrected chi connectivity index (χ2v) is 3.79. The monoisotopic (exact) mass is 319 g/mol. The van der Waals surface area contributed by atoms with Gasteiger partial charge < -0.3 is 9.84 Å². The van der Waals surface area contributed by atoms with Crippen LogP contribution in [0.4, 0.5) is 22.0 Å². The van der Waals surface area contributed by atoms with Gasteiger partial charge in [0.15, 0.2) is 5.75 Å². The van der Waals surface area contributed by atoms with Gasteiger partial charge in [-0.1, -0.05) is 0 Å². The van der Waals surface area contributed by atoms with Crippen molar-refractivity contribution in [3.05, 3.63) is 23.0 Å². The Balaban J connectivity index is 3.35. The van der Waals surface area contributed by atoms with Crippen LogP contribution in [0.25, 0.3) is 0 Å². The molecule has 0 fully saturated rings. The molecule has 4 nitrogen and oxygen atoms in total. The SMILES string of the molecule is O=C(O)Cc1nc(CCl)c(C(F)F)cc1OC(F)(F)F. The minimum absolute atomic E-state index is 0.396. The fourth-order valence-electron chi connectivity index (χ4n) is 1.37. The van der Waals surface area contributed by atoms with Gasteiger partial charge in [-0.2, -0.15) is 0 Å². The molecule has 0 aliphatic heterocycles. The number of aliphatic carboxylic acids is 1. The fourth-order valence-corrected chi connectivity index (χ4v) is 1.58. The standard InChI is InChI=1S/C10H7ClF5NO3/c11-3-6-4(9(12)13)1-7(20-10(14,15)16)5(17-6)2-8(18)19/h1,9H,2-3H2,(H,18,19). The molecule has 0 spiro atoms. The Morgan fingerprint density at radius 2 is 2.00 bits per heavy atom. The van der Waals surface area contributed by atoms with Crippen molar-refractivity contribution in [1.82, 2.24) is 4.98 Å². The number of alkyl halides is 6.